The van der Waals surface area contributed by atoms with E-state index >= 15 is 0 Å². The highest BCUT2D eigenvalue weighted by Gasteiger charge is 2.43. The normalized spacial score (nSPS) is 29.6. The van der Waals surface area contributed by atoms with Gasteiger partial charge in [0.05, 0.1) is 5.56 Å². The second kappa shape index (κ2) is 5.49. The molecule has 0 saturated carbocycles. The van der Waals surface area contributed by atoms with Crippen LogP contribution in [0.2, 0.25) is 0 Å². The van der Waals surface area contributed by atoms with Crippen LogP contribution in [-0.4, -0.2) is 34.4 Å². The van der Waals surface area contributed by atoms with E-state index in [0.717, 1.165) is 28.1 Å². The second-order valence-corrected chi connectivity index (χ2v) is 7.40. The molecule has 1 amide bonds. The lowest BCUT2D eigenvalue weighted by Crippen LogP contribution is -2.47. The van der Waals surface area contributed by atoms with Gasteiger partial charge in [0.25, 0.3) is 5.91 Å². The molecule has 2 aliphatic rings. The van der Waals surface area contributed by atoms with Crippen LogP contribution >= 0.6 is 27.7 Å². The molecule has 2 bridgehead atoms. The van der Waals surface area contributed by atoms with Crippen LogP contribution in [-0.2, 0) is 0 Å². The Labute approximate surface area is 127 Å². The molecule has 2 heterocycles. The van der Waals surface area contributed by atoms with Crippen molar-refractivity contribution in [1.29, 1.82) is 0 Å². The van der Waals surface area contributed by atoms with Crippen LogP contribution in [0.3, 0.4) is 0 Å². The molecule has 2 atom stereocenters. The maximum atomic E-state index is 12.8. The molecule has 2 fully saturated rings. The van der Waals surface area contributed by atoms with E-state index in [4.69, 9.17) is 0 Å². The average Bonchev–Trinajstić information content (AvgIpc) is 2.69. The van der Waals surface area contributed by atoms with Gasteiger partial charge >= 0.3 is 0 Å². The monoisotopic (exact) mass is 339 g/mol. The Morgan fingerprint density at radius 3 is 2.47 bits per heavy atom. The van der Waals surface area contributed by atoms with Crippen molar-refractivity contribution in [2.75, 3.05) is 6.26 Å². The van der Waals surface area contributed by atoms with Crippen molar-refractivity contribution < 1.29 is 4.79 Å². The molecule has 1 aromatic rings. The van der Waals surface area contributed by atoms with Gasteiger partial charge in [-0.2, -0.15) is 11.8 Å². The lowest BCUT2D eigenvalue weighted by atomic mass is 10.0. The fraction of sp³-hybridized carbons (Fsp3) is 0.533. The second-order valence-electron chi connectivity index (χ2n) is 5.41. The van der Waals surface area contributed by atoms with E-state index in [2.05, 4.69) is 27.1 Å². The van der Waals surface area contributed by atoms with Gasteiger partial charge in [-0.25, -0.2) is 0 Å². The highest BCUT2D eigenvalue weighted by atomic mass is 79.9. The number of rotatable bonds is 2. The molecule has 2 unspecified atom stereocenters. The number of fused-ring (bicyclic) bond motifs is 2. The highest BCUT2D eigenvalue weighted by molar-refractivity contribution is 9.10. The predicted octanol–water partition coefficient (Wildman–Crippen LogP) is 3.95. The van der Waals surface area contributed by atoms with Gasteiger partial charge in [0.15, 0.2) is 0 Å². The van der Waals surface area contributed by atoms with Gasteiger partial charge in [-0.05, 0) is 60.0 Å². The summed E-state index contributed by atoms with van der Waals surface area (Å²) in [4.78, 5) is 14.9. The number of carbonyl (C=O) groups excluding carboxylic acids is 1. The Morgan fingerprint density at radius 2 is 1.89 bits per heavy atom. The maximum Gasteiger partial charge on any atom is 0.255 e. The molecule has 2 nitrogen and oxygen atoms in total. The Balaban J connectivity index is 1.84. The highest BCUT2D eigenvalue weighted by Crippen LogP contribution is 2.40. The lowest BCUT2D eigenvalue weighted by Gasteiger charge is -2.38. The van der Waals surface area contributed by atoms with E-state index < -0.39 is 0 Å². The van der Waals surface area contributed by atoms with Crippen LogP contribution < -0.4 is 0 Å². The number of halogens is 1. The summed E-state index contributed by atoms with van der Waals surface area (Å²) in [6.07, 6.45) is 6.87. The van der Waals surface area contributed by atoms with Crippen molar-refractivity contribution >= 4 is 33.6 Å². The summed E-state index contributed by atoms with van der Waals surface area (Å²) in [5, 5.41) is 0.737. The number of nitrogens with zero attached hydrogens (tertiary/aromatic N) is 1. The largest absolute Gasteiger partial charge is 0.333 e. The van der Waals surface area contributed by atoms with Gasteiger partial charge in [-0.15, -0.1) is 0 Å². The van der Waals surface area contributed by atoms with Crippen LogP contribution in [0.4, 0.5) is 0 Å². The first-order chi connectivity index (χ1) is 9.20. The molecule has 3 rings (SSSR count). The molecule has 1 aromatic carbocycles. The molecule has 0 aliphatic carbocycles. The summed E-state index contributed by atoms with van der Waals surface area (Å²) in [5.74, 6) is 0.208. The summed E-state index contributed by atoms with van der Waals surface area (Å²) in [6, 6.07) is 8.67. The van der Waals surface area contributed by atoms with Gasteiger partial charge in [-0.1, -0.05) is 12.1 Å². The summed E-state index contributed by atoms with van der Waals surface area (Å²) in [6.45, 7) is 0. The fourth-order valence-corrected chi connectivity index (χ4v) is 4.71. The van der Waals surface area contributed by atoms with E-state index in [-0.39, 0.29) is 5.91 Å². The SMILES string of the molecule is CSC1CC2CCC(C1)N2C(=O)c1ccccc1Br. The topological polar surface area (TPSA) is 20.3 Å². The molecule has 0 spiro atoms. The third kappa shape index (κ3) is 2.45. The quantitative estimate of drug-likeness (QED) is 0.813. The summed E-state index contributed by atoms with van der Waals surface area (Å²) in [7, 11) is 0. The first-order valence-electron chi connectivity index (χ1n) is 6.80. The number of hydrogen-bond donors (Lipinski definition) is 0. The molecule has 2 saturated heterocycles. The Kier molecular flexibility index (Phi) is 3.90. The molecule has 102 valence electrons. The molecular formula is C15H18BrNOS. The predicted molar refractivity (Wildman–Crippen MR) is 83.7 cm³/mol. The summed E-state index contributed by atoms with van der Waals surface area (Å²) < 4.78 is 0.909. The first-order valence-corrected chi connectivity index (χ1v) is 8.88. The Hall–Kier alpha value is -0.480. The zero-order chi connectivity index (χ0) is 13.4. The molecule has 0 radical (unpaired) electrons. The summed E-state index contributed by atoms with van der Waals surface area (Å²) in [5.41, 5.74) is 0.807. The average molecular weight is 340 g/mol. The molecule has 0 N–H and O–H groups in total. The number of benzene rings is 1. The third-order valence-electron chi connectivity index (χ3n) is 4.36. The van der Waals surface area contributed by atoms with Gasteiger partial charge < -0.3 is 4.90 Å². The van der Waals surface area contributed by atoms with Gasteiger partial charge in [0, 0.05) is 21.8 Å². The minimum atomic E-state index is 0.208. The minimum absolute atomic E-state index is 0.208. The van der Waals surface area contributed by atoms with Crippen molar-refractivity contribution in [3.05, 3.63) is 34.3 Å². The first kappa shape index (κ1) is 13.5. The molecular weight excluding hydrogens is 322 g/mol. The van der Waals surface area contributed by atoms with Gasteiger partial charge in [-0.3, -0.25) is 4.79 Å². The van der Waals surface area contributed by atoms with E-state index in [9.17, 15) is 4.79 Å². The van der Waals surface area contributed by atoms with Crippen LogP contribution in [0.25, 0.3) is 0 Å². The van der Waals surface area contributed by atoms with Crippen LogP contribution in [0, 0.1) is 0 Å². The number of thioether (sulfide) groups is 1. The van der Waals surface area contributed by atoms with Crippen LogP contribution in [0.1, 0.15) is 36.0 Å². The van der Waals surface area contributed by atoms with E-state index in [1.807, 2.05) is 36.0 Å². The zero-order valence-corrected chi connectivity index (χ0v) is 13.4. The molecule has 19 heavy (non-hydrogen) atoms. The van der Waals surface area contributed by atoms with Crippen LogP contribution in [0.5, 0.6) is 0 Å². The third-order valence-corrected chi connectivity index (χ3v) is 6.11. The maximum absolute atomic E-state index is 12.8. The lowest BCUT2D eigenvalue weighted by molar-refractivity contribution is 0.0601. The standard InChI is InChI=1S/C15H18BrNOS/c1-19-12-8-10-6-7-11(9-12)17(10)15(18)13-4-2-3-5-14(13)16/h2-5,10-12H,6-9H2,1H3. The Morgan fingerprint density at radius 1 is 1.26 bits per heavy atom. The summed E-state index contributed by atoms with van der Waals surface area (Å²) >= 11 is 5.46. The number of amides is 1. The van der Waals surface area contributed by atoms with Crippen LogP contribution in [0.15, 0.2) is 28.7 Å². The zero-order valence-electron chi connectivity index (χ0n) is 11.0. The van der Waals surface area contributed by atoms with Crippen molar-refractivity contribution in [2.24, 2.45) is 0 Å². The van der Waals surface area contributed by atoms with Crippen molar-refractivity contribution in [3.8, 4) is 0 Å². The molecule has 0 aromatic heterocycles. The minimum Gasteiger partial charge on any atom is -0.333 e. The fourth-order valence-electron chi connectivity index (χ4n) is 3.42. The Bertz CT molecular complexity index is 479. The molecule has 2 aliphatic heterocycles. The van der Waals surface area contributed by atoms with Crippen molar-refractivity contribution in [3.63, 3.8) is 0 Å². The van der Waals surface area contributed by atoms with Crippen molar-refractivity contribution in [1.82, 2.24) is 4.90 Å². The van der Waals surface area contributed by atoms with Crippen molar-refractivity contribution in [2.45, 2.75) is 43.0 Å². The van der Waals surface area contributed by atoms with Gasteiger partial charge in [0.2, 0.25) is 0 Å². The smallest absolute Gasteiger partial charge is 0.255 e. The number of carbonyl (C=O) groups is 1. The molecule has 4 heteroatoms. The van der Waals surface area contributed by atoms with E-state index in [1.54, 1.807) is 0 Å². The van der Waals surface area contributed by atoms with Gasteiger partial charge in [0.1, 0.15) is 0 Å². The van der Waals surface area contributed by atoms with E-state index in [1.165, 1.54) is 12.8 Å². The number of hydrogen-bond acceptors (Lipinski definition) is 2. The van der Waals surface area contributed by atoms with E-state index in [0.29, 0.717) is 12.1 Å². The number of piperidine rings is 1.